The zero-order valence-corrected chi connectivity index (χ0v) is 18.9. The highest BCUT2D eigenvalue weighted by molar-refractivity contribution is 6.02. The third-order valence-electron chi connectivity index (χ3n) is 5.25. The third kappa shape index (κ3) is 4.82. The lowest BCUT2D eigenvalue weighted by atomic mass is 10.1. The Balaban J connectivity index is 1.60. The number of ether oxygens (including phenoxy) is 3. The van der Waals surface area contributed by atoms with Crippen LogP contribution >= 0.6 is 0 Å². The molecule has 0 aliphatic heterocycles. The van der Waals surface area contributed by atoms with E-state index in [0.717, 1.165) is 22.2 Å². The first-order valence-electron chi connectivity index (χ1n) is 10.4. The van der Waals surface area contributed by atoms with Crippen LogP contribution in [0.15, 0.2) is 66.7 Å². The summed E-state index contributed by atoms with van der Waals surface area (Å²) < 4.78 is 16.2. The van der Waals surface area contributed by atoms with Crippen molar-refractivity contribution in [2.75, 3.05) is 32.0 Å². The number of carbonyl (C=O) groups is 1. The number of benzene rings is 3. The standard InChI is InChI=1S/C26H25N3O4/c1-16-5-7-17(8-6-16)22-15-25(33-4)20-13-18(9-11-21(20)28-22)27-26(30)29-23-14-19(31-2)10-12-24(23)32-3/h5-15H,1-4H3,(H2,27,29,30). The summed E-state index contributed by atoms with van der Waals surface area (Å²) in [4.78, 5) is 17.4. The molecule has 0 saturated heterocycles. The Morgan fingerprint density at radius 3 is 2.24 bits per heavy atom. The van der Waals surface area contributed by atoms with Gasteiger partial charge in [-0.25, -0.2) is 9.78 Å². The Bertz CT molecular complexity index is 1300. The van der Waals surface area contributed by atoms with Gasteiger partial charge in [-0.2, -0.15) is 0 Å². The Labute approximate surface area is 192 Å². The molecule has 0 fully saturated rings. The number of pyridine rings is 1. The lowest BCUT2D eigenvalue weighted by Crippen LogP contribution is -2.19. The van der Waals surface area contributed by atoms with Crippen LogP contribution in [0.1, 0.15) is 5.56 Å². The summed E-state index contributed by atoms with van der Waals surface area (Å²) in [6.45, 7) is 2.05. The predicted octanol–water partition coefficient (Wildman–Crippen LogP) is 5.88. The van der Waals surface area contributed by atoms with Gasteiger partial charge in [-0.05, 0) is 37.3 Å². The van der Waals surface area contributed by atoms with Crippen LogP contribution in [0.25, 0.3) is 22.2 Å². The molecule has 2 amide bonds. The summed E-state index contributed by atoms with van der Waals surface area (Å²) in [7, 11) is 4.72. The van der Waals surface area contributed by atoms with Gasteiger partial charge >= 0.3 is 6.03 Å². The van der Waals surface area contributed by atoms with Gasteiger partial charge in [-0.3, -0.25) is 0 Å². The van der Waals surface area contributed by atoms with Gasteiger partial charge in [-0.15, -0.1) is 0 Å². The monoisotopic (exact) mass is 443 g/mol. The highest BCUT2D eigenvalue weighted by atomic mass is 16.5. The zero-order valence-electron chi connectivity index (χ0n) is 18.9. The maximum atomic E-state index is 12.6. The Kier molecular flexibility index (Phi) is 6.31. The number of hydrogen-bond donors (Lipinski definition) is 2. The van der Waals surface area contributed by atoms with Crippen molar-refractivity contribution < 1.29 is 19.0 Å². The van der Waals surface area contributed by atoms with Crippen LogP contribution in [-0.2, 0) is 0 Å². The van der Waals surface area contributed by atoms with E-state index in [-0.39, 0.29) is 0 Å². The van der Waals surface area contributed by atoms with Gasteiger partial charge in [0.15, 0.2) is 0 Å². The molecule has 0 atom stereocenters. The Morgan fingerprint density at radius 2 is 1.55 bits per heavy atom. The van der Waals surface area contributed by atoms with E-state index in [1.54, 1.807) is 45.6 Å². The number of amides is 2. The van der Waals surface area contributed by atoms with Gasteiger partial charge in [0.05, 0.1) is 38.2 Å². The molecule has 0 radical (unpaired) electrons. The normalized spacial score (nSPS) is 10.5. The van der Waals surface area contributed by atoms with E-state index in [1.807, 2.05) is 37.3 Å². The van der Waals surface area contributed by atoms with Crippen molar-refractivity contribution in [3.8, 4) is 28.5 Å². The van der Waals surface area contributed by atoms with Crippen LogP contribution in [0.4, 0.5) is 16.2 Å². The average molecular weight is 444 g/mol. The van der Waals surface area contributed by atoms with Crippen LogP contribution in [0.5, 0.6) is 17.2 Å². The number of aryl methyl sites for hydroxylation is 1. The number of methoxy groups -OCH3 is 3. The summed E-state index contributed by atoms with van der Waals surface area (Å²) in [5, 5.41) is 6.44. The maximum absolute atomic E-state index is 12.6. The van der Waals surface area contributed by atoms with Gasteiger partial charge in [0.25, 0.3) is 0 Å². The molecule has 1 aromatic heterocycles. The fraction of sp³-hybridized carbons (Fsp3) is 0.154. The summed E-state index contributed by atoms with van der Waals surface area (Å²) in [6.07, 6.45) is 0. The smallest absolute Gasteiger partial charge is 0.323 e. The molecule has 0 aliphatic rings. The van der Waals surface area contributed by atoms with Gasteiger partial charge in [-0.1, -0.05) is 29.8 Å². The maximum Gasteiger partial charge on any atom is 0.323 e. The average Bonchev–Trinajstić information content (AvgIpc) is 2.83. The molecule has 7 nitrogen and oxygen atoms in total. The molecule has 0 bridgehead atoms. The quantitative estimate of drug-likeness (QED) is 0.389. The van der Waals surface area contributed by atoms with Crippen molar-refractivity contribution in [1.29, 1.82) is 0 Å². The molecule has 0 unspecified atom stereocenters. The molecular weight excluding hydrogens is 418 g/mol. The fourth-order valence-corrected chi connectivity index (χ4v) is 3.51. The molecule has 2 N–H and O–H groups in total. The van der Waals surface area contributed by atoms with E-state index >= 15 is 0 Å². The van der Waals surface area contributed by atoms with Crippen molar-refractivity contribution in [2.24, 2.45) is 0 Å². The first-order valence-corrected chi connectivity index (χ1v) is 10.4. The number of hydrogen-bond acceptors (Lipinski definition) is 5. The topological polar surface area (TPSA) is 81.7 Å². The molecule has 7 heteroatoms. The van der Waals surface area contributed by atoms with Crippen molar-refractivity contribution >= 4 is 28.3 Å². The minimum absolute atomic E-state index is 0.413. The number of nitrogens with one attached hydrogen (secondary N) is 2. The summed E-state index contributed by atoms with van der Waals surface area (Å²) >= 11 is 0. The van der Waals surface area contributed by atoms with Crippen LogP contribution in [0.3, 0.4) is 0 Å². The van der Waals surface area contributed by atoms with Crippen molar-refractivity contribution in [2.45, 2.75) is 6.92 Å². The molecule has 4 rings (SSSR count). The van der Waals surface area contributed by atoms with Crippen molar-refractivity contribution in [1.82, 2.24) is 4.98 Å². The van der Waals surface area contributed by atoms with Gasteiger partial charge < -0.3 is 24.8 Å². The predicted molar refractivity (Wildman–Crippen MR) is 131 cm³/mol. The van der Waals surface area contributed by atoms with E-state index in [0.29, 0.717) is 28.6 Å². The van der Waals surface area contributed by atoms with Crippen molar-refractivity contribution in [3.63, 3.8) is 0 Å². The van der Waals surface area contributed by atoms with E-state index in [2.05, 4.69) is 22.8 Å². The second-order valence-corrected chi connectivity index (χ2v) is 7.45. The molecule has 0 saturated carbocycles. The second kappa shape index (κ2) is 9.48. The minimum Gasteiger partial charge on any atom is -0.497 e. The Morgan fingerprint density at radius 1 is 0.788 bits per heavy atom. The highest BCUT2D eigenvalue weighted by Gasteiger charge is 2.12. The first-order chi connectivity index (χ1) is 16.0. The first kappa shape index (κ1) is 22.0. The molecule has 33 heavy (non-hydrogen) atoms. The van der Waals surface area contributed by atoms with Crippen LogP contribution < -0.4 is 24.8 Å². The SMILES string of the molecule is COc1ccc(OC)c(NC(=O)Nc2ccc3nc(-c4ccc(C)cc4)cc(OC)c3c2)c1. The van der Waals surface area contributed by atoms with Gasteiger partial charge in [0.2, 0.25) is 0 Å². The summed E-state index contributed by atoms with van der Waals surface area (Å²) in [5.74, 6) is 1.81. The molecule has 4 aromatic rings. The van der Waals surface area contributed by atoms with Crippen molar-refractivity contribution in [3.05, 3.63) is 72.3 Å². The number of rotatable bonds is 6. The Hall–Kier alpha value is -4.26. The molecule has 3 aromatic carbocycles. The zero-order chi connectivity index (χ0) is 23.4. The van der Waals surface area contributed by atoms with E-state index in [4.69, 9.17) is 19.2 Å². The molecule has 1 heterocycles. The van der Waals surface area contributed by atoms with Crippen LogP contribution in [0, 0.1) is 6.92 Å². The summed E-state index contributed by atoms with van der Waals surface area (Å²) in [6, 6.07) is 20.3. The number of fused-ring (bicyclic) bond motifs is 1. The second-order valence-electron chi connectivity index (χ2n) is 7.45. The minimum atomic E-state index is -0.413. The highest BCUT2D eigenvalue weighted by Crippen LogP contribution is 2.32. The molecule has 0 spiro atoms. The number of aromatic nitrogens is 1. The van der Waals surface area contributed by atoms with E-state index < -0.39 is 6.03 Å². The lowest BCUT2D eigenvalue weighted by Gasteiger charge is -2.14. The lowest BCUT2D eigenvalue weighted by molar-refractivity contribution is 0.262. The molecule has 168 valence electrons. The van der Waals surface area contributed by atoms with Gasteiger partial charge in [0, 0.05) is 28.8 Å². The number of anilines is 2. The number of carbonyl (C=O) groups excluding carboxylic acids is 1. The molecular formula is C26H25N3O4. The fourth-order valence-electron chi connectivity index (χ4n) is 3.51. The van der Waals surface area contributed by atoms with E-state index in [9.17, 15) is 4.79 Å². The number of nitrogens with zero attached hydrogens (tertiary/aromatic N) is 1. The van der Waals surface area contributed by atoms with Crippen LogP contribution in [-0.4, -0.2) is 32.3 Å². The number of urea groups is 1. The van der Waals surface area contributed by atoms with Gasteiger partial charge in [0.1, 0.15) is 17.2 Å². The van der Waals surface area contributed by atoms with Crippen LogP contribution in [0.2, 0.25) is 0 Å². The largest absolute Gasteiger partial charge is 0.497 e. The molecule has 0 aliphatic carbocycles. The van der Waals surface area contributed by atoms with E-state index in [1.165, 1.54) is 5.56 Å². The third-order valence-corrected chi connectivity index (χ3v) is 5.25. The summed E-state index contributed by atoms with van der Waals surface area (Å²) in [5.41, 5.74) is 4.89.